The molecule has 0 amide bonds. The molecule has 24 heavy (non-hydrogen) atoms. The van der Waals surface area contributed by atoms with Crippen molar-refractivity contribution >= 4 is 34.1 Å². The Hall–Kier alpha value is -1.62. The van der Waals surface area contributed by atoms with Gasteiger partial charge in [-0.3, -0.25) is 4.98 Å². The highest BCUT2D eigenvalue weighted by Crippen LogP contribution is 2.28. The minimum Gasteiger partial charge on any atom is -0.381 e. The van der Waals surface area contributed by atoms with Crippen LogP contribution in [-0.2, 0) is 17.7 Å². The standard InChI is InChI=1S/C18H17Cl2N3O/c19-15-1-5-22-18(20)14(15)9-16-13-4-8-23(17(13)2-6-21-16)7-3-12-10-24-11-12/h1-2,4-6,8,12H,3,7,9-11H2. The van der Waals surface area contributed by atoms with Crippen LogP contribution in [0.2, 0.25) is 10.2 Å². The van der Waals surface area contributed by atoms with Gasteiger partial charge in [0.1, 0.15) is 5.15 Å². The van der Waals surface area contributed by atoms with E-state index in [0.29, 0.717) is 22.5 Å². The largest absolute Gasteiger partial charge is 0.381 e. The smallest absolute Gasteiger partial charge is 0.134 e. The van der Waals surface area contributed by atoms with Gasteiger partial charge in [-0.05, 0) is 24.6 Å². The summed E-state index contributed by atoms with van der Waals surface area (Å²) in [5.41, 5.74) is 2.98. The lowest BCUT2D eigenvalue weighted by molar-refractivity contribution is -0.0370. The summed E-state index contributed by atoms with van der Waals surface area (Å²) in [7, 11) is 0. The van der Waals surface area contributed by atoms with E-state index in [1.165, 1.54) is 5.52 Å². The third-order valence-corrected chi connectivity index (χ3v) is 5.24. The molecule has 0 saturated carbocycles. The van der Waals surface area contributed by atoms with E-state index in [1.807, 2.05) is 6.20 Å². The molecule has 1 aliphatic heterocycles. The predicted octanol–water partition coefficient (Wildman–Crippen LogP) is 4.37. The van der Waals surface area contributed by atoms with Crippen molar-refractivity contribution in [2.75, 3.05) is 13.2 Å². The first-order chi connectivity index (χ1) is 11.7. The van der Waals surface area contributed by atoms with Crippen LogP contribution in [0, 0.1) is 5.92 Å². The SMILES string of the molecule is Clc1ccnc(Cl)c1Cc1nccc2c1ccn2CCC1COC1. The molecule has 1 saturated heterocycles. The average Bonchev–Trinajstić information content (AvgIpc) is 2.94. The fourth-order valence-electron chi connectivity index (χ4n) is 3.06. The number of hydrogen-bond acceptors (Lipinski definition) is 3. The number of aromatic nitrogens is 3. The Morgan fingerprint density at radius 3 is 2.71 bits per heavy atom. The van der Waals surface area contributed by atoms with Crippen LogP contribution in [0.1, 0.15) is 17.7 Å². The highest BCUT2D eigenvalue weighted by Gasteiger charge is 2.18. The zero-order chi connectivity index (χ0) is 16.5. The molecule has 4 rings (SSSR count). The molecule has 124 valence electrons. The number of aryl methyl sites for hydroxylation is 1. The van der Waals surface area contributed by atoms with Crippen molar-refractivity contribution in [2.45, 2.75) is 19.4 Å². The first-order valence-corrected chi connectivity index (χ1v) is 8.77. The highest BCUT2D eigenvalue weighted by molar-refractivity contribution is 6.35. The number of halogens is 2. The van der Waals surface area contributed by atoms with Gasteiger partial charge >= 0.3 is 0 Å². The molecule has 1 fully saturated rings. The van der Waals surface area contributed by atoms with E-state index in [-0.39, 0.29) is 0 Å². The van der Waals surface area contributed by atoms with Gasteiger partial charge in [-0.1, -0.05) is 23.2 Å². The Bertz CT molecular complexity index is 854. The zero-order valence-electron chi connectivity index (χ0n) is 13.1. The van der Waals surface area contributed by atoms with Crippen molar-refractivity contribution in [2.24, 2.45) is 5.92 Å². The minimum atomic E-state index is 0.436. The van der Waals surface area contributed by atoms with Crippen LogP contribution in [0.4, 0.5) is 0 Å². The van der Waals surface area contributed by atoms with Crippen LogP contribution < -0.4 is 0 Å². The zero-order valence-corrected chi connectivity index (χ0v) is 14.6. The molecule has 0 aromatic carbocycles. The fraction of sp³-hybridized carbons (Fsp3) is 0.333. The van der Waals surface area contributed by atoms with E-state index in [9.17, 15) is 0 Å². The van der Waals surface area contributed by atoms with Gasteiger partial charge in [0.25, 0.3) is 0 Å². The summed E-state index contributed by atoms with van der Waals surface area (Å²) < 4.78 is 7.53. The minimum absolute atomic E-state index is 0.436. The van der Waals surface area contributed by atoms with Crippen LogP contribution in [0.25, 0.3) is 10.9 Å². The molecule has 0 unspecified atom stereocenters. The lowest BCUT2D eigenvalue weighted by Crippen LogP contribution is -2.28. The van der Waals surface area contributed by atoms with Gasteiger partial charge in [0.2, 0.25) is 0 Å². The summed E-state index contributed by atoms with van der Waals surface area (Å²) in [6.45, 7) is 2.78. The summed E-state index contributed by atoms with van der Waals surface area (Å²) in [6, 6.07) is 5.93. The van der Waals surface area contributed by atoms with Crippen LogP contribution in [0.5, 0.6) is 0 Å². The molecule has 0 atom stereocenters. The maximum Gasteiger partial charge on any atom is 0.134 e. The van der Waals surface area contributed by atoms with E-state index >= 15 is 0 Å². The predicted molar refractivity (Wildman–Crippen MR) is 95.7 cm³/mol. The summed E-state index contributed by atoms with van der Waals surface area (Å²) in [5, 5.41) is 2.20. The van der Waals surface area contributed by atoms with Gasteiger partial charge in [0.15, 0.2) is 0 Å². The van der Waals surface area contributed by atoms with Crippen LogP contribution in [-0.4, -0.2) is 27.7 Å². The second-order valence-electron chi connectivity index (χ2n) is 6.13. The Morgan fingerprint density at radius 1 is 1.12 bits per heavy atom. The fourth-order valence-corrected chi connectivity index (χ4v) is 3.55. The maximum absolute atomic E-state index is 6.27. The Kier molecular flexibility index (Phi) is 4.44. The van der Waals surface area contributed by atoms with E-state index in [2.05, 4.69) is 32.9 Å². The quantitative estimate of drug-likeness (QED) is 0.633. The number of ether oxygens (including phenoxy) is 1. The molecule has 0 bridgehead atoms. The van der Waals surface area contributed by atoms with Gasteiger partial charge in [-0.15, -0.1) is 0 Å². The number of nitrogens with zero attached hydrogens (tertiary/aromatic N) is 3. The Balaban J connectivity index is 1.63. The summed E-state index contributed by atoms with van der Waals surface area (Å²) in [5.74, 6) is 0.691. The molecule has 0 aliphatic carbocycles. The van der Waals surface area contributed by atoms with Crippen molar-refractivity contribution in [3.05, 3.63) is 58.2 Å². The molecular formula is C18H17Cl2N3O. The van der Waals surface area contributed by atoms with E-state index in [4.69, 9.17) is 27.9 Å². The second kappa shape index (κ2) is 6.71. The Morgan fingerprint density at radius 2 is 1.96 bits per heavy atom. The van der Waals surface area contributed by atoms with E-state index in [1.54, 1.807) is 12.3 Å². The highest BCUT2D eigenvalue weighted by atomic mass is 35.5. The van der Waals surface area contributed by atoms with Gasteiger partial charge in [-0.25, -0.2) is 4.98 Å². The topological polar surface area (TPSA) is 39.9 Å². The van der Waals surface area contributed by atoms with Gasteiger partial charge < -0.3 is 9.30 Å². The van der Waals surface area contributed by atoms with Crippen molar-refractivity contribution in [1.29, 1.82) is 0 Å². The van der Waals surface area contributed by atoms with E-state index < -0.39 is 0 Å². The van der Waals surface area contributed by atoms with Crippen molar-refractivity contribution in [3.8, 4) is 0 Å². The average molecular weight is 362 g/mol. The molecule has 0 N–H and O–H groups in total. The summed E-state index contributed by atoms with van der Waals surface area (Å²) in [4.78, 5) is 8.66. The second-order valence-corrected chi connectivity index (χ2v) is 6.90. The third kappa shape index (κ3) is 3.02. The normalized spacial score (nSPS) is 14.9. The van der Waals surface area contributed by atoms with Gasteiger partial charge in [0, 0.05) is 53.4 Å². The molecule has 4 heterocycles. The lowest BCUT2D eigenvalue weighted by Gasteiger charge is -2.26. The molecule has 3 aromatic heterocycles. The molecule has 0 radical (unpaired) electrons. The Labute approximate surface area is 150 Å². The first-order valence-electron chi connectivity index (χ1n) is 8.01. The third-order valence-electron chi connectivity index (χ3n) is 4.56. The molecule has 0 spiro atoms. The maximum atomic E-state index is 6.27. The molecule has 3 aromatic rings. The summed E-state index contributed by atoms with van der Waals surface area (Å²) in [6.07, 6.45) is 7.30. The number of fused-ring (bicyclic) bond motifs is 1. The van der Waals surface area contributed by atoms with Gasteiger partial charge in [0.05, 0.1) is 24.4 Å². The van der Waals surface area contributed by atoms with Crippen molar-refractivity contribution in [1.82, 2.24) is 14.5 Å². The summed E-state index contributed by atoms with van der Waals surface area (Å²) >= 11 is 12.5. The number of pyridine rings is 2. The van der Waals surface area contributed by atoms with Crippen molar-refractivity contribution < 1.29 is 4.74 Å². The van der Waals surface area contributed by atoms with Crippen molar-refractivity contribution in [3.63, 3.8) is 0 Å². The molecular weight excluding hydrogens is 345 g/mol. The molecule has 1 aliphatic rings. The first kappa shape index (κ1) is 15.9. The number of hydrogen-bond donors (Lipinski definition) is 0. The van der Waals surface area contributed by atoms with Crippen LogP contribution in [0.15, 0.2) is 36.8 Å². The monoisotopic (exact) mass is 361 g/mol. The molecule has 4 nitrogen and oxygen atoms in total. The van der Waals surface area contributed by atoms with Crippen LogP contribution >= 0.6 is 23.2 Å². The van der Waals surface area contributed by atoms with Gasteiger partial charge in [-0.2, -0.15) is 0 Å². The van der Waals surface area contributed by atoms with E-state index in [0.717, 1.165) is 42.8 Å². The number of rotatable bonds is 5. The lowest BCUT2D eigenvalue weighted by atomic mass is 10.0. The molecule has 6 heteroatoms. The van der Waals surface area contributed by atoms with Crippen LogP contribution in [0.3, 0.4) is 0 Å².